The summed E-state index contributed by atoms with van der Waals surface area (Å²) in [4.78, 5) is 22.5. The molecule has 0 spiro atoms. The van der Waals surface area contributed by atoms with E-state index in [1.807, 2.05) is 6.07 Å². The number of carbonyl (C=O) groups is 1. The summed E-state index contributed by atoms with van der Waals surface area (Å²) in [6.45, 7) is 0.201. The fourth-order valence-corrected chi connectivity index (χ4v) is 2.17. The number of carbonyl (C=O) groups excluding carboxylic acids is 1. The van der Waals surface area contributed by atoms with E-state index >= 15 is 0 Å². The molecule has 0 N–H and O–H groups in total. The minimum atomic E-state index is -0.456. The molecule has 0 bridgehead atoms. The van der Waals surface area contributed by atoms with Gasteiger partial charge >= 0.3 is 0 Å². The standard InChI is InChI=1S/C16H11NO4/c18-16-12(10-21-15-4-2-1-3-14(15)16)9-11-5-7-13(8-6-11)17(19)20/h1-9H,10H2/b12-9+. The zero-order chi connectivity index (χ0) is 14.8. The number of Topliss-reactive ketones (excluding diaryl/α,β-unsaturated/α-hetero) is 1. The van der Waals surface area contributed by atoms with Gasteiger partial charge in [0.2, 0.25) is 0 Å². The zero-order valence-electron chi connectivity index (χ0n) is 11.0. The quantitative estimate of drug-likeness (QED) is 0.481. The average Bonchev–Trinajstić information content (AvgIpc) is 2.51. The molecule has 2 aromatic carbocycles. The van der Waals surface area contributed by atoms with Gasteiger partial charge in [-0.15, -0.1) is 0 Å². The Hall–Kier alpha value is -2.95. The van der Waals surface area contributed by atoms with Crippen LogP contribution in [0.15, 0.2) is 54.1 Å². The van der Waals surface area contributed by atoms with Crippen LogP contribution in [0.3, 0.4) is 0 Å². The molecule has 0 saturated heterocycles. The van der Waals surface area contributed by atoms with E-state index in [-0.39, 0.29) is 18.1 Å². The Bertz CT molecular complexity index is 747. The summed E-state index contributed by atoms with van der Waals surface area (Å²) < 4.78 is 5.54. The zero-order valence-corrected chi connectivity index (χ0v) is 11.0. The summed E-state index contributed by atoms with van der Waals surface area (Å²) in [5.41, 5.74) is 1.82. The van der Waals surface area contributed by atoms with Crippen LogP contribution in [-0.4, -0.2) is 17.3 Å². The number of hydrogen-bond donors (Lipinski definition) is 0. The van der Waals surface area contributed by atoms with Crippen molar-refractivity contribution in [1.29, 1.82) is 0 Å². The van der Waals surface area contributed by atoms with Crippen LogP contribution in [-0.2, 0) is 0 Å². The number of non-ortho nitro benzene ring substituents is 1. The fourth-order valence-electron chi connectivity index (χ4n) is 2.17. The van der Waals surface area contributed by atoms with Gasteiger partial charge in [0, 0.05) is 17.7 Å². The first-order valence-corrected chi connectivity index (χ1v) is 6.37. The van der Waals surface area contributed by atoms with E-state index in [1.165, 1.54) is 12.1 Å². The summed E-state index contributed by atoms with van der Waals surface area (Å²) in [6, 6.07) is 13.1. The van der Waals surface area contributed by atoms with Gasteiger partial charge in [0.05, 0.1) is 10.5 Å². The van der Waals surface area contributed by atoms with Crippen molar-refractivity contribution in [3.8, 4) is 5.75 Å². The van der Waals surface area contributed by atoms with Crippen molar-refractivity contribution >= 4 is 17.5 Å². The van der Waals surface area contributed by atoms with Gasteiger partial charge in [0.15, 0.2) is 5.78 Å². The highest BCUT2D eigenvalue weighted by Gasteiger charge is 2.22. The fraction of sp³-hybridized carbons (Fsp3) is 0.0625. The minimum Gasteiger partial charge on any atom is -0.488 e. The molecule has 2 aromatic rings. The lowest BCUT2D eigenvalue weighted by Gasteiger charge is -2.18. The summed E-state index contributed by atoms with van der Waals surface area (Å²) in [5, 5.41) is 10.6. The summed E-state index contributed by atoms with van der Waals surface area (Å²) >= 11 is 0. The molecule has 1 heterocycles. The van der Waals surface area contributed by atoms with Crippen LogP contribution >= 0.6 is 0 Å². The average molecular weight is 281 g/mol. The lowest BCUT2D eigenvalue weighted by Crippen LogP contribution is -2.18. The first kappa shape index (κ1) is 13.1. The van der Waals surface area contributed by atoms with Crippen molar-refractivity contribution in [3.05, 3.63) is 75.3 Å². The third kappa shape index (κ3) is 2.53. The van der Waals surface area contributed by atoms with Gasteiger partial charge in [-0.2, -0.15) is 0 Å². The molecular formula is C16H11NO4. The van der Waals surface area contributed by atoms with Crippen LogP contribution < -0.4 is 4.74 Å². The molecule has 0 radical (unpaired) electrons. The maximum absolute atomic E-state index is 12.3. The minimum absolute atomic E-state index is 0.0220. The molecule has 1 aliphatic heterocycles. The van der Waals surface area contributed by atoms with Crippen LogP contribution in [0.25, 0.3) is 6.08 Å². The SMILES string of the molecule is O=C1/C(=C/c2ccc([N+](=O)[O-])cc2)COc2ccccc21. The molecule has 21 heavy (non-hydrogen) atoms. The highest BCUT2D eigenvalue weighted by atomic mass is 16.6. The number of ketones is 1. The van der Waals surface area contributed by atoms with Gasteiger partial charge in [0.1, 0.15) is 12.4 Å². The molecule has 0 unspecified atom stereocenters. The van der Waals surface area contributed by atoms with E-state index in [2.05, 4.69) is 0 Å². The molecule has 0 atom stereocenters. The van der Waals surface area contributed by atoms with Crippen molar-refractivity contribution in [2.24, 2.45) is 0 Å². The lowest BCUT2D eigenvalue weighted by atomic mass is 9.98. The Morgan fingerprint density at radius 3 is 2.52 bits per heavy atom. The number of ether oxygens (including phenoxy) is 1. The van der Waals surface area contributed by atoms with Gasteiger partial charge in [-0.3, -0.25) is 14.9 Å². The van der Waals surface area contributed by atoms with Gasteiger partial charge in [-0.05, 0) is 35.9 Å². The van der Waals surface area contributed by atoms with Crippen molar-refractivity contribution in [1.82, 2.24) is 0 Å². The maximum Gasteiger partial charge on any atom is 0.269 e. The smallest absolute Gasteiger partial charge is 0.269 e. The van der Waals surface area contributed by atoms with E-state index in [0.717, 1.165) is 5.56 Å². The van der Waals surface area contributed by atoms with E-state index < -0.39 is 4.92 Å². The Kier molecular flexibility index (Phi) is 3.23. The van der Waals surface area contributed by atoms with E-state index in [1.54, 1.807) is 36.4 Å². The number of nitro benzene ring substituents is 1. The highest BCUT2D eigenvalue weighted by molar-refractivity contribution is 6.14. The predicted octanol–water partition coefficient (Wildman–Crippen LogP) is 3.25. The molecule has 5 heteroatoms. The first-order valence-electron chi connectivity index (χ1n) is 6.37. The number of hydrogen-bond acceptors (Lipinski definition) is 4. The second-order valence-corrected chi connectivity index (χ2v) is 4.63. The number of nitrogens with zero attached hydrogens (tertiary/aromatic N) is 1. The molecule has 104 valence electrons. The first-order chi connectivity index (χ1) is 10.1. The van der Waals surface area contributed by atoms with E-state index in [9.17, 15) is 14.9 Å². The predicted molar refractivity (Wildman–Crippen MR) is 77.3 cm³/mol. The summed E-state index contributed by atoms with van der Waals surface area (Å²) in [7, 11) is 0. The molecule has 0 aliphatic carbocycles. The molecule has 1 aliphatic rings. The van der Waals surface area contributed by atoms with Crippen molar-refractivity contribution in [2.45, 2.75) is 0 Å². The third-order valence-corrected chi connectivity index (χ3v) is 3.25. The Morgan fingerprint density at radius 2 is 1.81 bits per heavy atom. The lowest BCUT2D eigenvalue weighted by molar-refractivity contribution is -0.384. The summed E-state index contributed by atoms with van der Waals surface area (Å²) in [5.74, 6) is 0.513. The van der Waals surface area contributed by atoms with Gasteiger partial charge < -0.3 is 4.74 Å². The molecule has 0 fully saturated rings. The van der Waals surface area contributed by atoms with Crippen molar-refractivity contribution in [2.75, 3.05) is 6.61 Å². The maximum atomic E-state index is 12.3. The largest absolute Gasteiger partial charge is 0.488 e. The second kappa shape index (κ2) is 5.20. The molecular weight excluding hydrogens is 270 g/mol. The number of benzene rings is 2. The van der Waals surface area contributed by atoms with E-state index in [0.29, 0.717) is 16.9 Å². The monoisotopic (exact) mass is 281 g/mol. The Morgan fingerprint density at radius 1 is 1.10 bits per heavy atom. The van der Waals surface area contributed by atoms with Crippen LogP contribution in [0.4, 0.5) is 5.69 Å². The molecule has 5 nitrogen and oxygen atoms in total. The second-order valence-electron chi connectivity index (χ2n) is 4.63. The van der Waals surface area contributed by atoms with Crippen LogP contribution in [0.1, 0.15) is 15.9 Å². The summed E-state index contributed by atoms with van der Waals surface area (Å²) in [6.07, 6.45) is 1.70. The molecule has 0 aromatic heterocycles. The molecule has 0 amide bonds. The molecule has 0 saturated carbocycles. The Balaban J connectivity index is 1.91. The third-order valence-electron chi connectivity index (χ3n) is 3.25. The molecule has 3 rings (SSSR count). The number of rotatable bonds is 2. The van der Waals surface area contributed by atoms with Crippen LogP contribution in [0.2, 0.25) is 0 Å². The Labute approximate surface area is 120 Å². The van der Waals surface area contributed by atoms with Gasteiger partial charge in [0.25, 0.3) is 5.69 Å². The van der Waals surface area contributed by atoms with Crippen LogP contribution in [0, 0.1) is 10.1 Å². The van der Waals surface area contributed by atoms with Crippen LogP contribution in [0.5, 0.6) is 5.75 Å². The highest BCUT2D eigenvalue weighted by Crippen LogP contribution is 2.27. The topological polar surface area (TPSA) is 69.4 Å². The normalized spacial score (nSPS) is 15.4. The number of fused-ring (bicyclic) bond motifs is 1. The number of nitro groups is 1. The van der Waals surface area contributed by atoms with Gasteiger partial charge in [-0.1, -0.05) is 12.1 Å². The van der Waals surface area contributed by atoms with Crippen molar-refractivity contribution in [3.63, 3.8) is 0 Å². The number of para-hydroxylation sites is 1. The van der Waals surface area contributed by atoms with E-state index in [4.69, 9.17) is 4.74 Å². The van der Waals surface area contributed by atoms with Crippen molar-refractivity contribution < 1.29 is 14.5 Å². The van der Waals surface area contributed by atoms with Gasteiger partial charge in [-0.25, -0.2) is 0 Å².